The van der Waals surface area contributed by atoms with Crippen LogP contribution in [0, 0.1) is 6.92 Å². The molecule has 0 bridgehead atoms. The van der Waals surface area contributed by atoms with E-state index in [1.165, 1.54) is 20.5 Å². The number of aryl methyl sites for hydroxylation is 1. The molecule has 0 saturated heterocycles. The average Bonchev–Trinajstić information content (AvgIpc) is 2.44. The number of thiophene rings is 1. The van der Waals surface area contributed by atoms with Crippen LogP contribution in [0.1, 0.15) is 10.4 Å². The Hall–Kier alpha value is -0.0500. The summed E-state index contributed by atoms with van der Waals surface area (Å²) in [5.41, 5.74) is 1.28. The molecule has 1 aromatic carbocycles. The smallest absolute Gasteiger partial charge is 0.0579 e. The minimum absolute atomic E-state index is 0.582. The predicted octanol–water partition coefficient (Wildman–Crippen LogP) is 4.71. The van der Waals surface area contributed by atoms with E-state index in [9.17, 15) is 0 Å². The molecule has 68 valence electrons. The Morgan fingerprint density at radius 2 is 2.23 bits per heavy atom. The van der Waals surface area contributed by atoms with E-state index in [4.69, 9.17) is 11.6 Å². The molecular weight excluding hydrogens is 268 g/mol. The SMILES string of the molecule is Cc1ccc2sc(CCl)c(Br)c2c1. The molecule has 0 unspecified atom stereocenters. The fourth-order valence-electron chi connectivity index (χ4n) is 1.32. The van der Waals surface area contributed by atoms with E-state index in [1.54, 1.807) is 11.3 Å². The molecule has 0 N–H and O–H groups in total. The molecule has 0 radical (unpaired) electrons. The number of halogens is 2. The van der Waals surface area contributed by atoms with Gasteiger partial charge in [0.15, 0.2) is 0 Å². The highest BCUT2D eigenvalue weighted by Crippen LogP contribution is 2.36. The van der Waals surface area contributed by atoms with Crippen molar-refractivity contribution in [3.63, 3.8) is 0 Å². The van der Waals surface area contributed by atoms with Gasteiger partial charge < -0.3 is 0 Å². The van der Waals surface area contributed by atoms with Crippen LogP contribution >= 0.6 is 38.9 Å². The lowest BCUT2D eigenvalue weighted by atomic mass is 10.2. The molecule has 3 heteroatoms. The number of alkyl halides is 1. The zero-order valence-corrected chi connectivity index (χ0v) is 10.3. The second kappa shape index (κ2) is 3.60. The zero-order chi connectivity index (χ0) is 9.42. The fourth-order valence-corrected chi connectivity index (χ4v) is 3.55. The number of benzene rings is 1. The normalized spacial score (nSPS) is 11.0. The lowest BCUT2D eigenvalue weighted by Crippen LogP contribution is -1.71. The first kappa shape index (κ1) is 9.50. The second-order valence-corrected chi connectivity index (χ2v) is 5.17. The third-order valence-electron chi connectivity index (χ3n) is 1.97. The van der Waals surface area contributed by atoms with Gasteiger partial charge in [-0.2, -0.15) is 0 Å². The summed E-state index contributed by atoms with van der Waals surface area (Å²) >= 11 is 11.1. The van der Waals surface area contributed by atoms with Gasteiger partial charge in [-0.05, 0) is 35.0 Å². The van der Waals surface area contributed by atoms with Gasteiger partial charge in [0.05, 0.1) is 5.88 Å². The lowest BCUT2D eigenvalue weighted by Gasteiger charge is -1.92. The highest BCUT2D eigenvalue weighted by Gasteiger charge is 2.08. The van der Waals surface area contributed by atoms with Crippen LogP contribution in [0.15, 0.2) is 22.7 Å². The molecule has 2 aromatic rings. The molecule has 0 aliphatic rings. The molecule has 0 fully saturated rings. The van der Waals surface area contributed by atoms with Gasteiger partial charge in [0.2, 0.25) is 0 Å². The molecular formula is C10H8BrClS. The lowest BCUT2D eigenvalue weighted by molar-refractivity contribution is 1.49. The van der Waals surface area contributed by atoms with Crippen molar-refractivity contribution in [1.29, 1.82) is 0 Å². The minimum Gasteiger partial charge on any atom is -0.138 e. The first-order valence-electron chi connectivity index (χ1n) is 3.96. The molecule has 0 saturated carbocycles. The first-order valence-corrected chi connectivity index (χ1v) is 6.10. The van der Waals surface area contributed by atoms with Crippen LogP contribution in [0.3, 0.4) is 0 Å². The highest BCUT2D eigenvalue weighted by atomic mass is 79.9. The molecule has 13 heavy (non-hydrogen) atoms. The Morgan fingerprint density at radius 3 is 2.92 bits per heavy atom. The Kier molecular flexibility index (Phi) is 2.63. The van der Waals surface area contributed by atoms with E-state index in [0.29, 0.717) is 5.88 Å². The van der Waals surface area contributed by atoms with Crippen LogP contribution in [-0.2, 0) is 5.88 Å². The molecule has 0 atom stereocenters. The molecule has 2 rings (SSSR count). The van der Waals surface area contributed by atoms with Crippen LogP contribution in [0.5, 0.6) is 0 Å². The summed E-state index contributed by atoms with van der Waals surface area (Å²) in [5.74, 6) is 0.582. The Morgan fingerprint density at radius 1 is 1.46 bits per heavy atom. The topological polar surface area (TPSA) is 0 Å². The van der Waals surface area contributed by atoms with E-state index in [0.717, 1.165) is 4.47 Å². The molecule has 1 heterocycles. The number of fused-ring (bicyclic) bond motifs is 1. The zero-order valence-electron chi connectivity index (χ0n) is 7.10. The summed E-state index contributed by atoms with van der Waals surface area (Å²) in [5, 5.41) is 1.28. The average molecular weight is 276 g/mol. The first-order chi connectivity index (χ1) is 6.22. The Bertz CT molecular complexity index is 447. The number of hydrogen-bond acceptors (Lipinski definition) is 1. The van der Waals surface area contributed by atoms with Crippen LogP contribution in [-0.4, -0.2) is 0 Å². The van der Waals surface area contributed by atoms with Crippen molar-refractivity contribution in [3.8, 4) is 0 Å². The van der Waals surface area contributed by atoms with Crippen molar-refractivity contribution in [2.45, 2.75) is 12.8 Å². The summed E-state index contributed by atoms with van der Waals surface area (Å²) in [6.45, 7) is 2.10. The second-order valence-electron chi connectivity index (χ2n) is 2.97. The largest absolute Gasteiger partial charge is 0.138 e. The summed E-state index contributed by atoms with van der Waals surface area (Å²) in [6.07, 6.45) is 0. The third kappa shape index (κ3) is 1.63. The Balaban J connectivity index is 2.77. The van der Waals surface area contributed by atoms with E-state index in [2.05, 4.69) is 41.1 Å². The van der Waals surface area contributed by atoms with Crippen molar-refractivity contribution in [1.82, 2.24) is 0 Å². The molecule has 0 amide bonds. The monoisotopic (exact) mass is 274 g/mol. The molecule has 1 aromatic heterocycles. The summed E-state index contributed by atoms with van der Waals surface area (Å²) in [4.78, 5) is 1.21. The van der Waals surface area contributed by atoms with E-state index in [1.807, 2.05) is 0 Å². The number of rotatable bonds is 1. The summed E-state index contributed by atoms with van der Waals surface area (Å²) in [7, 11) is 0. The molecule has 0 aliphatic heterocycles. The van der Waals surface area contributed by atoms with Gasteiger partial charge in [-0.3, -0.25) is 0 Å². The third-order valence-corrected chi connectivity index (χ3v) is 4.74. The predicted molar refractivity (Wildman–Crippen MR) is 63.8 cm³/mol. The Labute approximate surface area is 94.7 Å². The summed E-state index contributed by atoms with van der Waals surface area (Å²) in [6, 6.07) is 6.46. The van der Waals surface area contributed by atoms with Crippen LogP contribution in [0.4, 0.5) is 0 Å². The fraction of sp³-hybridized carbons (Fsp3) is 0.200. The standard InChI is InChI=1S/C10H8BrClS/c1-6-2-3-8-7(4-6)10(11)9(5-12)13-8/h2-4H,5H2,1H3. The molecule has 0 spiro atoms. The maximum absolute atomic E-state index is 5.82. The van der Waals surface area contributed by atoms with Gasteiger partial charge in [-0.25, -0.2) is 0 Å². The van der Waals surface area contributed by atoms with Gasteiger partial charge in [-0.1, -0.05) is 11.6 Å². The van der Waals surface area contributed by atoms with Gasteiger partial charge >= 0.3 is 0 Å². The summed E-state index contributed by atoms with van der Waals surface area (Å²) < 4.78 is 2.46. The van der Waals surface area contributed by atoms with E-state index in [-0.39, 0.29) is 0 Å². The van der Waals surface area contributed by atoms with Gasteiger partial charge in [0.1, 0.15) is 0 Å². The van der Waals surface area contributed by atoms with Crippen LogP contribution in [0.25, 0.3) is 10.1 Å². The van der Waals surface area contributed by atoms with Gasteiger partial charge in [-0.15, -0.1) is 22.9 Å². The van der Waals surface area contributed by atoms with Crippen LogP contribution in [0.2, 0.25) is 0 Å². The maximum atomic E-state index is 5.82. The van der Waals surface area contributed by atoms with Crippen molar-refractivity contribution in [2.24, 2.45) is 0 Å². The quantitative estimate of drug-likeness (QED) is 0.661. The van der Waals surface area contributed by atoms with Crippen molar-refractivity contribution >= 4 is 49.0 Å². The van der Waals surface area contributed by atoms with E-state index >= 15 is 0 Å². The maximum Gasteiger partial charge on any atom is 0.0579 e. The van der Waals surface area contributed by atoms with Crippen molar-refractivity contribution < 1.29 is 0 Å². The van der Waals surface area contributed by atoms with Gasteiger partial charge in [0.25, 0.3) is 0 Å². The van der Waals surface area contributed by atoms with Crippen molar-refractivity contribution in [2.75, 3.05) is 0 Å². The van der Waals surface area contributed by atoms with Crippen LogP contribution < -0.4 is 0 Å². The van der Waals surface area contributed by atoms with Crippen molar-refractivity contribution in [3.05, 3.63) is 33.1 Å². The minimum atomic E-state index is 0.582. The van der Waals surface area contributed by atoms with Gasteiger partial charge in [0, 0.05) is 19.4 Å². The number of hydrogen-bond donors (Lipinski definition) is 0. The highest BCUT2D eigenvalue weighted by molar-refractivity contribution is 9.10. The van der Waals surface area contributed by atoms with E-state index < -0.39 is 0 Å². The molecule has 0 nitrogen and oxygen atoms in total. The molecule has 0 aliphatic carbocycles.